The Morgan fingerprint density at radius 1 is 1.00 bits per heavy atom. The van der Waals surface area contributed by atoms with E-state index in [-0.39, 0.29) is 0 Å². The molecule has 0 aliphatic rings. The Balaban J connectivity index is 4.15. The van der Waals surface area contributed by atoms with Crippen LogP contribution >= 0.6 is 0 Å². The van der Waals surface area contributed by atoms with Crippen molar-refractivity contribution in [1.82, 2.24) is 0 Å². The molecule has 0 saturated heterocycles. The van der Waals surface area contributed by atoms with Gasteiger partial charge in [0, 0.05) is 0 Å². The van der Waals surface area contributed by atoms with Crippen molar-refractivity contribution >= 4 is 17.9 Å². The topological polar surface area (TPSA) is 121 Å². The summed E-state index contributed by atoms with van der Waals surface area (Å²) >= 11 is 0. The van der Waals surface area contributed by atoms with Crippen LogP contribution in [0.4, 0.5) is 0 Å². The number of aliphatic hydroxyl groups is 1. The maximum atomic E-state index is 11.7. The molecule has 0 aromatic rings. The molecule has 23 heavy (non-hydrogen) atoms. The zero-order chi connectivity index (χ0) is 17.9. The number of carboxylic acids is 2. The lowest BCUT2D eigenvalue weighted by molar-refractivity contribution is -0.173. The normalized spacial score (nSPS) is 14.7. The predicted octanol–water partition coefficient (Wildman–Crippen LogP) is 2.35. The fraction of sp³-hybridized carbons (Fsp3) is 0.812. The molecule has 7 nitrogen and oxygen atoms in total. The minimum Gasteiger partial charge on any atom is -0.481 e. The molecular formula is C16H28O7. The fourth-order valence-electron chi connectivity index (χ4n) is 2.24. The highest BCUT2D eigenvalue weighted by atomic mass is 16.5. The molecule has 0 aromatic carbocycles. The van der Waals surface area contributed by atoms with Gasteiger partial charge in [-0.3, -0.25) is 9.59 Å². The summed E-state index contributed by atoms with van der Waals surface area (Å²) in [5.74, 6) is -4.15. The van der Waals surface area contributed by atoms with Gasteiger partial charge in [0.25, 0.3) is 0 Å². The Hall–Kier alpha value is -1.63. The van der Waals surface area contributed by atoms with Crippen molar-refractivity contribution in [2.24, 2.45) is 0 Å². The average molecular weight is 332 g/mol. The molecule has 134 valence electrons. The van der Waals surface area contributed by atoms with Crippen molar-refractivity contribution in [2.45, 2.75) is 83.3 Å². The number of carbonyl (C=O) groups excluding carboxylic acids is 1. The summed E-state index contributed by atoms with van der Waals surface area (Å²) in [6.07, 6.45) is 4.98. The number of esters is 1. The van der Waals surface area contributed by atoms with Crippen LogP contribution in [0.2, 0.25) is 0 Å². The Morgan fingerprint density at radius 3 is 2.09 bits per heavy atom. The second kappa shape index (κ2) is 11.0. The summed E-state index contributed by atoms with van der Waals surface area (Å²) in [4.78, 5) is 33.2. The van der Waals surface area contributed by atoms with Gasteiger partial charge in [0.2, 0.25) is 0 Å². The summed E-state index contributed by atoms with van der Waals surface area (Å²) < 4.78 is 5.05. The first-order chi connectivity index (χ1) is 10.7. The van der Waals surface area contributed by atoms with Crippen LogP contribution in [0.3, 0.4) is 0 Å². The lowest BCUT2D eigenvalue weighted by Crippen LogP contribution is -2.43. The zero-order valence-electron chi connectivity index (χ0n) is 13.9. The molecule has 0 saturated carbocycles. The predicted molar refractivity (Wildman–Crippen MR) is 83.0 cm³/mol. The standard InChI is InChI=1S/C16H28O7/c1-3-4-5-6-7-8-9-12(2)23-14(19)11-16(22,15(20)21)10-13(17)18/h12,22H,3-11H2,1-2H3,(H,17,18)(H,20,21). The number of hydrogen-bond donors (Lipinski definition) is 3. The lowest BCUT2D eigenvalue weighted by atomic mass is 9.96. The number of hydrogen-bond acceptors (Lipinski definition) is 5. The molecule has 0 fully saturated rings. The second-order valence-electron chi connectivity index (χ2n) is 5.94. The van der Waals surface area contributed by atoms with Crippen LogP contribution in [-0.2, 0) is 19.1 Å². The van der Waals surface area contributed by atoms with E-state index in [4.69, 9.17) is 14.9 Å². The molecule has 0 aliphatic carbocycles. The van der Waals surface area contributed by atoms with E-state index >= 15 is 0 Å². The molecule has 2 unspecified atom stereocenters. The Kier molecular flexibility index (Phi) is 10.2. The Morgan fingerprint density at radius 2 is 1.57 bits per heavy atom. The SMILES string of the molecule is CCCCCCCCC(C)OC(=O)CC(O)(CC(=O)O)C(=O)O. The first-order valence-electron chi connectivity index (χ1n) is 8.08. The van der Waals surface area contributed by atoms with E-state index < -0.39 is 42.5 Å². The minimum absolute atomic E-state index is 0.392. The molecule has 2 atom stereocenters. The molecule has 0 radical (unpaired) electrons. The van der Waals surface area contributed by atoms with Gasteiger partial charge in [0.15, 0.2) is 5.60 Å². The Labute approximate surface area is 136 Å². The van der Waals surface area contributed by atoms with Gasteiger partial charge in [-0.05, 0) is 19.8 Å². The molecule has 0 rings (SSSR count). The van der Waals surface area contributed by atoms with Crippen molar-refractivity contribution in [3.05, 3.63) is 0 Å². The zero-order valence-corrected chi connectivity index (χ0v) is 13.9. The highest BCUT2D eigenvalue weighted by Crippen LogP contribution is 2.18. The molecule has 0 bridgehead atoms. The third-order valence-corrected chi connectivity index (χ3v) is 3.58. The Bertz CT molecular complexity index is 394. The van der Waals surface area contributed by atoms with E-state index in [0.717, 1.165) is 19.3 Å². The van der Waals surface area contributed by atoms with E-state index in [1.165, 1.54) is 19.3 Å². The average Bonchev–Trinajstić information content (AvgIpc) is 2.41. The van der Waals surface area contributed by atoms with E-state index in [2.05, 4.69) is 6.92 Å². The van der Waals surface area contributed by atoms with Crippen molar-refractivity contribution in [2.75, 3.05) is 0 Å². The van der Waals surface area contributed by atoms with Crippen molar-refractivity contribution in [3.8, 4) is 0 Å². The highest BCUT2D eigenvalue weighted by molar-refractivity contribution is 5.88. The number of carboxylic acid groups (broad SMARTS) is 2. The number of rotatable bonds is 13. The van der Waals surface area contributed by atoms with Crippen LogP contribution in [0, 0.1) is 0 Å². The van der Waals surface area contributed by atoms with Crippen molar-refractivity contribution in [3.63, 3.8) is 0 Å². The van der Waals surface area contributed by atoms with Gasteiger partial charge in [-0.25, -0.2) is 4.79 Å². The van der Waals surface area contributed by atoms with Gasteiger partial charge in [-0.2, -0.15) is 0 Å². The molecule has 0 heterocycles. The fourth-order valence-corrected chi connectivity index (χ4v) is 2.24. The van der Waals surface area contributed by atoms with Crippen LogP contribution in [0.5, 0.6) is 0 Å². The molecule has 3 N–H and O–H groups in total. The molecule has 0 spiro atoms. The first kappa shape index (κ1) is 21.4. The number of ether oxygens (including phenoxy) is 1. The summed E-state index contributed by atoms with van der Waals surface area (Å²) in [5.41, 5.74) is -2.64. The van der Waals surface area contributed by atoms with Crippen molar-refractivity contribution < 1.29 is 34.4 Å². The number of unbranched alkanes of at least 4 members (excludes halogenated alkanes) is 5. The van der Waals surface area contributed by atoms with E-state index in [9.17, 15) is 19.5 Å². The van der Waals surface area contributed by atoms with Gasteiger partial charge in [-0.15, -0.1) is 0 Å². The molecular weight excluding hydrogens is 304 g/mol. The van der Waals surface area contributed by atoms with E-state index in [0.29, 0.717) is 6.42 Å². The largest absolute Gasteiger partial charge is 0.481 e. The smallest absolute Gasteiger partial charge is 0.336 e. The molecule has 0 amide bonds. The van der Waals surface area contributed by atoms with Crippen LogP contribution in [0.1, 0.15) is 71.6 Å². The second-order valence-corrected chi connectivity index (χ2v) is 5.94. The summed E-state index contributed by atoms with van der Waals surface area (Å²) in [7, 11) is 0. The minimum atomic E-state index is -2.64. The van der Waals surface area contributed by atoms with E-state index in [1.54, 1.807) is 6.92 Å². The van der Waals surface area contributed by atoms with Crippen LogP contribution in [0.25, 0.3) is 0 Å². The molecule has 0 aromatic heterocycles. The van der Waals surface area contributed by atoms with Crippen LogP contribution < -0.4 is 0 Å². The van der Waals surface area contributed by atoms with Crippen molar-refractivity contribution in [1.29, 1.82) is 0 Å². The summed E-state index contributed by atoms with van der Waals surface area (Å²) in [5, 5.41) is 27.3. The van der Waals surface area contributed by atoms with E-state index in [1.807, 2.05) is 0 Å². The first-order valence-corrected chi connectivity index (χ1v) is 8.08. The van der Waals surface area contributed by atoms with Crippen LogP contribution in [0.15, 0.2) is 0 Å². The summed E-state index contributed by atoms with van der Waals surface area (Å²) in [6.45, 7) is 3.84. The third kappa shape index (κ3) is 9.89. The van der Waals surface area contributed by atoms with Gasteiger partial charge < -0.3 is 20.1 Å². The number of carbonyl (C=O) groups is 3. The van der Waals surface area contributed by atoms with Gasteiger partial charge in [0.05, 0.1) is 18.9 Å². The quantitative estimate of drug-likeness (QED) is 0.349. The van der Waals surface area contributed by atoms with Gasteiger partial charge in [-0.1, -0.05) is 39.0 Å². The monoisotopic (exact) mass is 332 g/mol. The highest BCUT2D eigenvalue weighted by Gasteiger charge is 2.41. The lowest BCUT2D eigenvalue weighted by Gasteiger charge is -2.21. The van der Waals surface area contributed by atoms with Crippen LogP contribution in [-0.4, -0.2) is 44.9 Å². The molecule has 7 heteroatoms. The molecule has 0 aliphatic heterocycles. The maximum absolute atomic E-state index is 11.7. The third-order valence-electron chi connectivity index (χ3n) is 3.58. The van der Waals surface area contributed by atoms with Gasteiger partial charge >= 0.3 is 17.9 Å². The number of aliphatic carboxylic acids is 2. The maximum Gasteiger partial charge on any atom is 0.336 e. The van der Waals surface area contributed by atoms with Gasteiger partial charge in [0.1, 0.15) is 0 Å². The summed E-state index contributed by atoms with van der Waals surface area (Å²) in [6, 6.07) is 0.